The first kappa shape index (κ1) is 27.4. The monoisotopic (exact) mass is 467 g/mol. The summed E-state index contributed by atoms with van der Waals surface area (Å²) in [6, 6.07) is 2.67. The molecule has 0 radical (unpaired) electrons. The minimum Gasteiger partial charge on any atom is -0.346 e. The number of aromatic nitrogens is 1. The van der Waals surface area contributed by atoms with Crippen molar-refractivity contribution >= 4 is 60.0 Å². The zero-order valence-corrected chi connectivity index (χ0v) is 18.8. The second kappa shape index (κ2) is 12.8. The van der Waals surface area contributed by atoms with Crippen LogP contribution in [0.3, 0.4) is 0 Å². The van der Waals surface area contributed by atoms with Crippen LogP contribution in [0.5, 0.6) is 0 Å². The number of amides is 3. The third-order valence-corrected chi connectivity index (χ3v) is 4.86. The maximum atomic E-state index is 12.3. The number of nitrogens with zero attached hydrogens (tertiary/aromatic N) is 2. The van der Waals surface area contributed by atoms with Crippen molar-refractivity contribution in [3.05, 3.63) is 23.4 Å². The van der Waals surface area contributed by atoms with Crippen LogP contribution >= 0.6 is 36.4 Å². The number of piperidine rings is 1. The summed E-state index contributed by atoms with van der Waals surface area (Å²) in [4.78, 5) is 42.1. The first-order chi connectivity index (χ1) is 12.8. The number of nitrogens with two attached hydrogens (primary N) is 1. The summed E-state index contributed by atoms with van der Waals surface area (Å²) in [5.41, 5.74) is 5.75. The second-order valence-corrected chi connectivity index (χ2v) is 7.43. The number of pyridine rings is 1. The van der Waals surface area contributed by atoms with E-state index in [1.165, 1.54) is 6.20 Å². The van der Waals surface area contributed by atoms with Crippen molar-refractivity contribution < 1.29 is 14.4 Å². The molecule has 1 atom stereocenters. The highest BCUT2D eigenvalue weighted by molar-refractivity contribution is 6.30. The van der Waals surface area contributed by atoms with Gasteiger partial charge in [-0.3, -0.25) is 14.4 Å². The fourth-order valence-corrected chi connectivity index (χ4v) is 2.88. The number of rotatable bonds is 6. The molecule has 1 aliphatic rings. The molecule has 0 saturated carbocycles. The average molecular weight is 469 g/mol. The predicted octanol–water partition coefficient (Wildman–Crippen LogP) is 1.86. The van der Waals surface area contributed by atoms with Crippen molar-refractivity contribution in [2.75, 3.05) is 25.0 Å². The van der Waals surface area contributed by atoms with E-state index in [1.807, 2.05) is 13.8 Å². The van der Waals surface area contributed by atoms with Crippen LogP contribution in [-0.2, 0) is 14.4 Å². The van der Waals surface area contributed by atoms with E-state index in [1.54, 1.807) is 17.0 Å². The quantitative estimate of drug-likeness (QED) is 0.589. The van der Waals surface area contributed by atoms with Gasteiger partial charge in [-0.25, -0.2) is 4.98 Å². The van der Waals surface area contributed by atoms with Crippen LogP contribution in [0.15, 0.2) is 18.3 Å². The third-order valence-electron chi connectivity index (χ3n) is 4.63. The molecule has 164 valence electrons. The lowest BCUT2D eigenvalue weighted by Crippen LogP contribution is -2.49. The van der Waals surface area contributed by atoms with Crippen LogP contribution in [0.4, 0.5) is 5.82 Å². The van der Waals surface area contributed by atoms with Crippen molar-refractivity contribution in [2.45, 2.75) is 32.7 Å². The summed E-state index contributed by atoms with van der Waals surface area (Å²) in [5, 5.41) is 5.84. The number of anilines is 1. The van der Waals surface area contributed by atoms with Crippen LogP contribution in [0.2, 0.25) is 5.02 Å². The Morgan fingerprint density at radius 3 is 2.38 bits per heavy atom. The Morgan fingerprint density at radius 1 is 1.24 bits per heavy atom. The molecule has 29 heavy (non-hydrogen) atoms. The van der Waals surface area contributed by atoms with Gasteiger partial charge in [0, 0.05) is 25.2 Å². The molecule has 11 heteroatoms. The van der Waals surface area contributed by atoms with Crippen molar-refractivity contribution in [3.8, 4) is 0 Å². The maximum Gasteiger partial charge on any atom is 0.241 e. The third kappa shape index (κ3) is 8.34. The molecule has 4 N–H and O–H groups in total. The topological polar surface area (TPSA) is 117 Å². The predicted molar refractivity (Wildman–Crippen MR) is 117 cm³/mol. The molecule has 2 heterocycles. The fraction of sp³-hybridized carbons (Fsp3) is 0.556. The van der Waals surface area contributed by atoms with Crippen molar-refractivity contribution in [1.82, 2.24) is 15.2 Å². The summed E-state index contributed by atoms with van der Waals surface area (Å²) in [7, 11) is 0. The van der Waals surface area contributed by atoms with Gasteiger partial charge in [0.15, 0.2) is 0 Å². The minimum absolute atomic E-state index is 0. The van der Waals surface area contributed by atoms with Crippen molar-refractivity contribution in [1.29, 1.82) is 0 Å². The van der Waals surface area contributed by atoms with Crippen LogP contribution in [-0.4, -0.2) is 53.3 Å². The smallest absolute Gasteiger partial charge is 0.241 e. The Hall–Kier alpha value is -1.61. The Kier molecular flexibility index (Phi) is 12.1. The number of halogens is 3. The molecular weight excluding hydrogens is 441 g/mol. The zero-order valence-electron chi connectivity index (χ0n) is 16.4. The second-order valence-electron chi connectivity index (χ2n) is 6.99. The molecule has 3 amide bonds. The van der Waals surface area contributed by atoms with E-state index in [0.717, 1.165) is 0 Å². The molecule has 0 aromatic carbocycles. The van der Waals surface area contributed by atoms with E-state index in [0.29, 0.717) is 36.8 Å². The SMILES string of the molecule is CC(C)[C@H](N)C(=O)NCC(=O)N1CCC(C(=O)Nc2ccc(Cl)cn2)CC1.Cl.Cl. The van der Waals surface area contributed by atoms with Gasteiger partial charge < -0.3 is 21.3 Å². The number of carbonyl (C=O) groups is 3. The highest BCUT2D eigenvalue weighted by atomic mass is 35.5. The van der Waals surface area contributed by atoms with E-state index < -0.39 is 6.04 Å². The molecule has 1 aliphatic heterocycles. The Morgan fingerprint density at radius 2 is 1.86 bits per heavy atom. The lowest BCUT2D eigenvalue weighted by atomic mass is 9.96. The van der Waals surface area contributed by atoms with Crippen LogP contribution in [0, 0.1) is 11.8 Å². The van der Waals surface area contributed by atoms with E-state index in [-0.39, 0.29) is 60.9 Å². The van der Waals surface area contributed by atoms with E-state index in [9.17, 15) is 14.4 Å². The van der Waals surface area contributed by atoms with Crippen molar-refractivity contribution in [2.24, 2.45) is 17.6 Å². The van der Waals surface area contributed by atoms with Gasteiger partial charge in [-0.2, -0.15) is 0 Å². The minimum atomic E-state index is -0.631. The Balaban J connectivity index is 0.00000392. The summed E-state index contributed by atoms with van der Waals surface area (Å²) >= 11 is 5.77. The normalized spacial score (nSPS) is 15.0. The van der Waals surface area contributed by atoms with Gasteiger partial charge in [-0.05, 0) is 30.9 Å². The molecule has 0 aliphatic carbocycles. The highest BCUT2D eigenvalue weighted by Crippen LogP contribution is 2.19. The number of nitrogens with one attached hydrogen (secondary N) is 2. The van der Waals surface area contributed by atoms with Crippen LogP contribution in [0.1, 0.15) is 26.7 Å². The van der Waals surface area contributed by atoms with Gasteiger partial charge >= 0.3 is 0 Å². The molecule has 0 spiro atoms. The van der Waals surface area contributed by atoms with Crippen LogP contribution in [0.25, 0.3) is 0 Å². The summed E-state index contributed by atoms with van der Waals surface area (Å²) in [6.45, 7) is 4.56. The summed E-state index contributed by atoms with van der Waals surface area (Å²) in [5.74, 6) is -0.346. The Bertz CT molecular complexity index is 680. The molecule has 1 fully saturated rings. The summed E-state index contributed by atoms with van der Waals surface area (Å²) < 4.78 is 0. The standard InChI is InChI=1S/C18H26ClN5O3.2ClH/c1-11(2)16(20)18(27)22-10-15(25)24-7-5-12(6-8-24)17(26)23-14-4-3-13(19)9-21-14;;/h3-4,9,11-12,16H,5-8,10,20H2,1-2H3,(H,22,27)(H,21,23,26);2*1H/t16-;;/m0../s1. The van der Waals surface area contributed by atoms with Gasteiger partial charge in [-0.1, -0.05) is 25.4 Å². The molecular formula is C18H28Cl3N5O3. The molecule has 0 unspecified atom stereocenters. The van der Waals surface area contributed by atoms with Gasteiger partial charge in [-0.15, -0.1) is 24.8 Å². The molecule has 0 bridgehead atoms. The number of carbonyl (C=O) groups excluding carboxylic acids is 3. The van der Waals surface area contributed by atoms with Gasteiger partial charge in [0.25, 0.3) is 0 Å². The highest BCUT2D eigenvalue weighted by Gasteiger charge is 2.28. The summed E-state index contributed by atoms with van der Waals surface area (Å²) in [6.07, 6.45) is 2.59. The first-order valence-electron chi connectivity index (χ1n) is 9.01. The molecule has 2 rings (SSSR count). The molecule has 1 aromatic heterocycles. The first-order valence-corrected chi connectivity index (χ1v) is 9.39. The zero-order chi connectivity index (χ0) is 20.0. The Labute approximate surface area is 188 Å². The van der Waals surface area contributed by atoms with Gasteiger partial charge in [0.1, 0.15) is 5.82 Å². The number of likely N-dealkylation sites (tertiary alicyclic amines) is 1. The number of hydrogen-bond donors (Lipinski definition) is 3. The van der Waals surface area contributed by atoms with E-state index in [2.05, 4.69) is 15.6 Å². The van der Waals surface area contributed by atoms with E-state index in [4.69, 9.17) is 17.3 Å². The van der Waals surface area contributed by atoms with Crippen molar-refractivity contribution in [3.63, 3.8) is 0 Å². The lowest BCUT2D eigenvalue weighted by Gasteiger charge is -2.31. The van der Waals surface area contributed by atoms with E-state index >= 15 is 0 Å². The molecule has 1 saturated heterocycles. The van der Waals surface area contributed by atoms with Gasteiger partial charge in [0.2, 0.25) is 17.7 Å². The lowest BCUT2D eigenvalue weighted by molar-refractivity contribution is -0.135. The average Bonchev–Trinajstić information content (AvgIpc) is 2.67. The van der Waals surface area contributed by atoms with Crippen LogP contribution < -0.4 is 16.4 Å². The number of hydrogen-bond acceptors (Lipinski definition) is 5. The fourth-order valence-electron chi connectivity index (χ4n) is 2.76. The largest absolute Gasteiger partial charge is 0.346 e. The molecule has 8 nitrogen and oxygen atoms in total. The molecule has 1 aromatic rings. The maximum absolute atomic E-state index is 12.3. The van der Waals surface area contributed by atoms with Gasteiger partial charge in [0.05, 0.1) is 17.6 Å².